The van der Waals surface area contributed by atoms with Crippen molar-refractivity contribution in [2.24, 2.45) is 0 Å². The van der Waals surface area contributed by atoms with Crippen molar-refractivity contribution < 1.29 is 0 Å². The van der Waals surface area contributed by atoms with E-state index < -0.39 is 0 Å². The minimum absolute atomic E-state index is 0. The van der Waals surface area contributed by atoms with Crippen molar-refractivity contribution in [3.63, 3.8) is 0 Å². The van der Waals surface area contributed by atoms with Gasteiger partial charge in [-0.2, -0.15) is 0 Å². The third-order valence-electron chi connectivity index (χ3n) is 0.940. The van der Waals surface area contributed by atoms with E-state index in [4.69, 9.17) is 0 Å². The number of rotatable bonds is 0. The molecule has 0 amide bonds. The maximum atomic E-state index is 2.23. The Balaban J connectivity index is 0.000000360. The predicted octanol–water partition coefficient (Wildman–Crippen LogP) is -0.115. The molecule has 0 spiro atoms. The van der Waals surface area contributed by atoms with Crippen molar-refractivity contribution in [2.45, 2.75) is 5.54 Å². The molecule has 0 aromatic heterocycles. The summed E-state index contributed by atoms with van der Waals surface area (Å²) in [6.07, 6.45) is 8.67. The fourth-order valence-corrected chi connectivity index (χ4v) is 0.987. The van der Waals surface area contributed by atoms with Crippen molar-refractivity contribution in [3.8, 4) is 0 Å². The summed E-state index contributed by atoms with van der Waals surface area (Å²) in [4.78, 5) is 0. The van der Waals surface area contributed by atoms with Crippen LogP contribution in [0.2, 0.25) is 5.54 Å². The second kappa shape index (κ2) is 3.32. The predicted molar refractivity (Wildman–Crippen MR) is 37.7 cm³/mol. The number of allylic oxidation sites excluding steroid dienone is 4. The molecule has 7 heavy (non-hydrogen) atoms. The first-order valence-electron chi connectivity index (χ1n) is 2.24. The van der Waals surface area contributed by atoms with E-state index in [0.29, 0.717) is 0 Å². The minimum Gasteiger partial charge on any atom is -0.0814 e. The molecule has 0 saturated carbocycles. The quantitative estimate of drug-likeness (QED) is 0.375. The molecule has 0 saturated heterocycles. The van der Waals surface area contributed by atoms with E-state index in [1.165, 1.54) is 10.2 Å². The normalized spacial score (nSPS) is 17.7. The number of hydrogen-bond donors (Lipinski definition) is 0. The molecule has 0 atom stereocenters. The van der Waals surface area contributed by atoms with E-state index in [0.717, 1.165) is 5.54 Å². The van der Waals surface area contributed by atoms with E-state index >= 15 is 0 Å². The Hall–Kier alpha value is 0.294. The van der Waals surface area contributed by atoms with Gasteiger partial charge in [-0.1, -0.05) is 24.3 Å². The first kappa shape index (κ1) is 7.29. The average Bonchev–Trinajstić information content (AvgIpc) is 1.86. The van der Waals surface area contributed by atoms with Gasteiger partial charge < -0.3 is 0 Å². The van der Waals surface area contributed by atoms with Crippen LogP contribution in [-0.4, -0.2) is 29.1 Å². The molecule has 2 heteroatoms. The monoisotopic (exact) mass is 103 g/mol. The van der Waals surface area contributed by atoms with Gasteiger partial charge in [0.15, 0.2) is 0 Å². The maximum absolute atomic E-state index is 2.23. The first-order valence-corrected chi connectivity index (χ1v) is 3.40. The molecule has 0 aromatic carbocycles. The Morgan fingerprint density at radius 1 is 1.14 bits per heavy atom. The summed E-state index contributed by atoms with van der Waals surface area (Å²) in [6.45, 7) is 0. The summed E-state index contributed by atoms with van der Waals surface area (Å²) in [6, 6.07) is 0. The minimum atomic E-state index is 0. The second-order valence-corrected chi connectivity index (χ2v) is 2.96. The van der Waals surface area contributed by atoms with Crippen molar-refractivity contribution >= 4 is 29.1 Å². The topological polar surface area (TPSA) is 0 Å². The summed E-state index contributed by atoms with van der Waals surface area (Å²) in [7, 11) is 1.28. The Kier molecular flexibility index (Phi) is 3.46. The van der Waals surface area contributed by atoms with Crippen molar-refractivity contribution in [3.05, 3.63) is 24.3 Å². The molecule has 0 N–H and O–H groups in total. The molecule has 0 unspecified atom stereocenters. The Bertz CT molecular complexity index is 84.3. The molecule has 0 nitrogen and oxygen atoms in total. The largest absolute Gasteiger partial charge is 0.0814 e. The molecule has 0 aromatic rings. The Morgan fingerprint density at radius 3 is 1.71 bits per heavy atom. The SMILES string of the molecule is [Li].[SiH3]C1C=CC=C1. The molecule has 33 valence electrons. The van der Waals surface area contributed by atoms with Crippen LogP contribution >= 0.6 is 0 Å². The van der Waals surface area contributed by atoms with E-state index in [9.17, 15) is 0 Å². The summed E-state index contributed by atoms with van der Waals surface area (Å²) in [5, 5.41) is 0. The van der Waals surface area contributed by atoms with Crippen LogP contribution in [0.4, 0.5) is 0 Å². The molecule has 0 aliphatic heterocycles. The molecule has 1 aliphatic rings. The van der Waals surface area contributed by atoms with Crippen LogP contribution in [0, 0.1) is 0 Å². The van der Waals surface area contributed by atoms with Crippen molar-refractivity contribution in [1.29, 1.82) is 0 Å². The first-order chi connectivity index (χ1) is 2.89. The van der Waals surface area contributed by atoms with Gasteiger partial charge in [-0.05, 0) is 5.54 Å². The van der Waals surface area contributed by atoms with Crippen molar-refractivity contribution in [2.75, 3.05) is 0 Å². The van der Waals surface area contributed by atoms with Gasteiger partial charge in [-0.3, -0.25) is 0 Å². The Morgan fingerprint density at radius 2 is 1.57 bits per heavy atom. The number of hydrogen-bond acceptors (Lipinski definition) is 0. The van der Waals surface area contributed by atoms with Gasteiger partial charge in [0.25, 0.3) is 0 Å². The van der Waals surface area contributed by atoms with Gasteiger partial charge in [0.1, 0.15) is 0 Å². The molecule has 0 bridgehead atoms. The zero-order valence-corrected chi connectivity index (χ0v) is 6.89. The molecular weight excluding hydrogens is 95.1 g/mol. The van der Waals surface area contributed by atoms with Crippen LogP contribution in [0.5, 0.6) is 0 Å². The van der Waals surface area contributed by atoms with Gasteiger partial charge in [-0.15, -0.1) is 0 Å². The van der Waals surface area contributed by atoms with Crippen LogP contribution < -0.4 is 0 Å². The van der Waals surface area contributed by atoms with Gasteiger partial charge in [0.2, 0.25) is 0 Å². The third-order valence-corrected chi connectivity index (χ3v) is 1.71. The smallest absolute Gasteiger partial charge is 0.0163 e. The third kappa shape index (κ3) is 2.18. The van der Waals surface area contributed by atoms with Crippen LogP contribution in [0.25, 0.3) is 0 Å². The summed E-state index contributed by atoms with van der Waals surface area (Å²) >= 11 is 0. The fraction of sp³-hybridized carbons (Fsp3) is 0.200. The molecule has 1 radical (unpaired) electrons. The van der Waals surface area contributed by atoms with E-state index in [2.05, 4.69) is 24.3 Å². The molecule has 0 heterocycles. The van der Waals surface area contributed by atoms with Crippen LogP contribution in [0.15, 0.2) is 24.3 Å². The summed E-state index contributed by atoms with van der Waals surface area (Å²) in [5.41, 5.74) is 0.824. The van der Waals surface area contributed by atoms with E-state index in [1.807, 2.05) is 0 Å². The second-order valence-electron chi connectivity index (χ2n) is 1.63. The van der Waals surface area contributed by atoms with Gasteiger partial charge in [0.05, 0.1) is 0 Å². The zero-order valence-electron chi connectivity index (χ0n) is 4.89. The Labute approximate surface area is 59.3 Å². The molecule has 1 rings (SSSR count). The maximum Gasteiger partial charge on any atom is 0.0163 e. The van der Waals surface area contributed by atoms with E-state index in [1.54, 1.807) is 0 Å². The summed E-state index contributed by atoms with van der Waals surface area (Å²) in [5.74, 6) is 0. The fourth-order valence-electron chi connectivity index (χ4n) is 0.543. The standard InChI is InChI=1S/C5H8Si.Li/c6-5-3-1-2-4-5;/h1-5H,6H3;. The van der Waals surface area contributed by atoms with Crippen LogP contribution in [0.3, 0.4) is 0 Å². The van der Waals surface area contributed by atoms with Gasteiger partial charge in [0, 0.05) is 29.1 Å². The van der Waals surface area contributed by atoms with E-state index in [-0.39, 0.29) is 18.9 Å². The van der Waals surface area contributed by atoms with Gasteiger partial charge >= 0.3 is 0 Å². The molecule has 0 fully saturated rings. The average molecular weight is 103 g/mol. The van der Waals surface area contributed by atoms with Crippen LogP contribution in [0.1, 0.15) is 0 Å². The molecular formula is C5H8LiSi. The van der Waals surface area contributed by atoms with Crippen LogP contribution in [-0.2, 0) is 0 Å². The zero-order chi connectivity index (χ0) is 4.41. The molecule has 1 aliphatic carbocycles. The van der Waals surface area contributed by atoms with Crippen molar-refractivity contribution in [1.82, 2.24) is 0 Å². The summed E-state index contributed by atoms with van der Waals surface area (Å²) < 4.78 is 0. The van der Waals surface area contributed by atoms with Gasteiger partial charge in [-0.25, -0.2) is 0 Å².